The second-order valence-corrected chi connectivity index (χ2v) is 10.3. The highest BCUT2D eigenvalue weighted by atomic mass is 35.5. The number of aryl methyl sites for hydroxylation is 1. The Morgan fingerprint density at radius 2 is 2.03 bits per heavy atom. The molecule has 8 nitrogen and oxygen atoms in total. The zero-order valence-corrected chi connectivity index (χ0v) is 21.8. The fourth-order valence-corrected chi connectivity index (χ4v) is 4.97. The van der Waals surface area contributed by atoms with E-state index in [0.29, 0.717) is 36.1 Å². The fourth-order valence-electron chi connectivity index (χ4n) is 4.77. The van der Waals surface area contributed by atoms with Gasteiger partial charge in [-0.25, -0.2) is 18.7 Å². The first-order valence-electron chi connectivity index (χ1n) is 12.1. The summed E-state index contributed by atoms with van der Waals surface area (Å²) in [5, 5.41) is 13.2. The predicted octanol–water partition coefficient (Wildman–Crippen LogP) is 4.57. The quantitative estimate of drug-likeness (QED) is 0.471. The van der Waals surface area contributed by atoms with Crippen LogP contribution in [0.2, 0.25) is 5.02 Å². The second-order valence-electron chi connectivity index (χ2n) is 9.94. The van der Waals surface area contributed by atoms with Crippen molar-refractivity contribution in [2.24, 2.45) is 0 Å². The van der Waals surface area contributed by atoms with Gasteiger partial charge in [-0.1, -0.05) is 11.6 Å². The SMILES string of the molecule is CC1=CNC(c2ccnc(C3CC(C)(O)C3)n2)C=C1n1c(C)cc(OCc2ncc(F)cc2F)c(Cl)c1=O. The maximum absolute atomic E-state index is 13.9. The van der Waals surface area contributed by atoms with Crippen molar-refractivity contribution >= 4 is 17.3 Å². The average Bonchev–Trinajstić information content (AvgIpc) is 2.86. The third-order valence-electron chi connectivity index (χ3n) is 6.75. The molecule has 2 N–H and O–H groups in total. The highest BCUT2D eigenvalue weighted by Crippen LogP contribution is 2.43. The molecule has 11 heteroatoms. The van der Waals surface area contributed by atoms with Crippen LogP contribution >= 0.6 is 11.6 Å². The molecule has 0 spiro atoms. The van der Waals surface area contributed by atoms with E-state index in [2.05, 4.69) is 15.3 Å². The Hall–Kier alpha value is -3.63. The van der Waals surface area contributed by atoms with Crippen LogP contribution in [0.1, 0.15) is 61.6 Å². The molecule has 1 aliphatic carbocycles. The van der Waals surface area contributed by atoms with E-state index in [0.717, 1.165) is 17.5 Å². The maximum atomic E-state index is 13.9. The summed E-state index contributed by atoms with van der Waals surface area (Å²) in [5.41, 5.74) is 1.41. The van der Waals surface area contributed by atoms with Crippen molar-refractivity contribution < 1.29 is 18.6 Å². The Bertz CT molecular complexity index is 1530. The van der Waals surface area contributed by atoms with Gasteiger partial charge in [0.2, 0.25) is 0 Å². The number of hydrogen-bond acceptors (Lipinski definition) is 7. The van der Waals surface area contributed by atoms with Crippen LogP contribution in [0.3, 0.4) is 0 Å². The topological polar surface area (TPSA) is 102 Å². The molecule has 0 amide bonds. The van der Waals surface area contributed by atoms with Crippen LogP contribution in [0.4, 0.5) is 8.78 Å². The van der Waals surface area contributed by atoms with E-state index in [4.69, 9.17) is 21.3 Å². The lowest BCUT2D eigenvalue weighted by Gasteiger charge is -2.40. The van der Waals surface area contributed by atoms with Crippen LogP contribution in [-0.2, 0) is 6.61 Å². The van der Waals surface area contributed by atoms with Gasteiger partial charge in [-0.3, -0.25) is 14.3 Å². The summed E-state index contributed by atoms with van der Waals surface area (Å²) >= 11 is 6.39. The zero-order chi connectivity index (χ0) is 27.2. The third kappa shape index (κ3) is 5.06. The number of pyridine rings is 2. The molecule has 3 aromatic heterocycles. The molecule has 1 unspecified atom stereocenters. The van der Waals surface area contributed by atoms with Crippen molar-refractivity contribution in [3.05, 3.63) is 98.4 Å². The maximum Gasteiger partial charge on any atom is 0.277 e. The normalized spacial score (nSPS) is 22.7. The highest BCUT2D eigenvalue weighted by Gasteiger charge is 2.40. The second kappa shape index (κ2) is 9.92. The Labute approximate surface area is 222 Å². The van der Waals surface area contributed by atoms with Gasteiger partial charge in [-0.2, -0.15) is 0 Å². The summed E-state index contributed by atoms with van der Waals surface area (Å²) in [4.78, 5) is 26.2. The number of rotatable bonds is 6. The number of nitrogens with one attached hydrogen (secondary N) is 1. The average molecular weight is 542 g/mol. The van der Waals surface area contributed by atoms with E-state index < -0.39 is 22.8 Å². The monoisotopic (exact) mass is 541 g/mol. The van der Waals surface area contributed by atoms with Gasteiger partial charge in [-0.15, -0.1) is 0 Å². The Morgan fingerprint density at radius 1 is 1.26 bits per heavy atom. The van der Waals surface area contributed by atoms with Crippen LogP contribution in [0, 0.1) is 18.6 Å². The first-order chi connectivity index (χ1) is 18.0. The molecule has 1 atom stereocenters. The van der Waals surface area contributed by atoms with Crippen molar-refractivity contribution in [1.82, 2.24) is 24.8 Å². The number of nitrogens with zero attached hydrogens (tertiary/aromatic N) is 4. The first kappa shape index (κ1) is 26.0. The Balaban J connectivity index is 1.42. The molecule has 0 radical (unpaired) electrons. The predicted molar refractivity (Wildman–Crippen MR) is 137 cm³/mol. The molecule has 0 saturated heterocycles. The molecule has 1 saturated carbocycles. The van der Waals surface area contributed by atoms with E-state index in [1.807, 2.05) is 25.3 Å². The lowest BCUT2D eigenvalue weighted by molar-refractivity contribution is -0.0335. The van der Waals surface area contributed by atoms with E-state index in [1.165, 1.54) is 4.57 Å². The van der Waals surface area contributed by atoms with Crippen LogP contribution in [0.15, 0.2) is 53.2 Å². The molecular weight excluding hydrogens is 516 g/mol. The van der Waals surface area contributed by atoms with Gasteiger partial charge >= 0.3 is 0 Å². The smallest absolute Gasteiger partial charge is 0.277 e. The molecule has 38 heavy (non-hydrogen) atoms. The van der Waals surface area contributed by atoms with E-state index in [-0.39, 0.29) is 35.0 Å². The van der Waals surface area contributed by atoms with Crippen LogP contribution in [0.25, 0.3) is 5.70 Å². The van der Waals surface area contributed by atoms with Crippen LogP contribution in [0.5, 0.6) is 5.75 Å². The number of dihydropyridines is 1. The molecule has 3 aromatic rings. The molecule has 5 rings (SSSR count). The van der Waals surface area contributed by atoms with Gasteiger partial charge in [0.25, 0.3) is 5.56 Å². The van der Waals surface area contributed by atoms with Gasteiger partial charge in [0.15, 0.2) is 5.82 Å². The van der Waals surface area contributed by atoms with Crippen molar-refractivity contribution in [3.63, 3.8) is 0 Å². The summed E-state index contributed by atoms with van der Waals surface area (Å²) in [7, 11) is 0. The van der Waals surface area contributed by atoms with E-state index >= 15 is 0 Å². The van der Waals surface area contributed by atoms with Crippen LogP contribution in [-0.4, -0.2) is 30.2 Å². The van der Waals surface area contributed by atoms with Gasteiger partial charge in [0.1, 0.15) is 34.7 Å². The fraction of sp³-hybridized carbons (Fsp3) is 0.333. The standard InChI is InChI=1S/C27H26ClF2N5O3/c1-14-11-32-20(19-4-5-31-25(34-19)16-9-27(3,37)10-16)8-22(14)35-15(2)6-23(24(28)26(35)36)38-13-21-18(30)7-17(29)12-33-21/h4-8,11-12,16,20,32,37H,9-10,13H2,1-3H3. The summed E-state index contributed by atoms with van der Waals surface area (Å²) in [5.74, 6) is -0.797. The number of hydrogen-bond donors (Lipinski definition) is 2. The zero-order valence-electron chi connectivity index (χ0n) is 21.0. The summed E-state index contributed by atoms with van der Waals surface area (Å²) in [6.07, 6.45) is 7.51. The van der Waals surface area contributed by atoms with Crippen LogP contribution < -0.4 is 15.6 Å². The first-order valence-corrected chi connectivity index (χ1v) is 12.5. The molecule has 2 aliphatic rings. The van der Waals surface area contributed by atoms with Crippen molar-refractivity contribution in [3.8, 4) is 5.75 Å². The van der Waals surface area contributed by atoms with Gasteiger partial charge in [-0.05, 0) is 51.3 Å². The lowest BCUT2D eigenvalue weighted by atomic mass is 9.72. The molecule has 1 fully saturated rings. The van der Waals surface area contributed by atoms with Gasteiger partial charge in [0.05, 0.1) is 29.2 Å². The minimum Gasteiger partial charge on any atom is -0.485 e. The molecule has 4 heterocycles. The van der Waals surface area contributed by atoms with Gasteiger partial charge in [0, 0.05) is 36.1 Å². The van der Waals surface area contributed by atoms with Crippen molar-refractivity contribution in [2.45, 2.75) is 57.8 Å². The highest BCUT2D eigenvalue weighted by molar-refractivity contribution is 6.31. The molecule has 198 valence electrons. The summed E-state index contributed by atoms with van der Waals surface area (Å²) in [6, 6.07) is 3.77. The van der Waals surface area contributed by atoms with E-state index in [9.17, 15) is 18.7 Å². The minimum absolute atomic E-state index is 0.0699. The molecule has 0 aromatic carbocycles. The largest absolute Gasteiger partial charge is 0.485 e. The summed E-state index contributed by atoms with van der Waals surface area (Å²) in [6.45, 7) is 5.08. The number of aromatic nitrogens is 4. The van der Waals surface area contributed by atoms with Crippen molar-refractivity contribution in [1.29, 1.82) is 0 Å². The number of allylic oxidation sites excluding steroid dienone is 2. The molecule has 0 bridgehead atoms. The Morgan fingerprint density at radius 3 is 2.74 bits per heavy atom. The minimum atomic E-state index is -0.853. The summed E-state index contributed by atoms with van der Waals surface area (Å²) < 4.78 is 34.1. The molecule has 1 aliphatic heterocycles. The van der Waals surface area contributed by atoms with Gasteiger partial charge < -0.3 is 15.2 Å². The number of halogens is 3. The van der Waals surface area contributed by atoms with Crippen molar-refractivity contribution in [2.75, 3.05) is 0 Å². The van der Waals surface area contributed by atoms with E-state index in [1.54, 1.807) is 26.1 Å². The number of ether oxygens (including phenoxy) is 1. The number of aliphatic hydroxyl groups is 1. The lowest BCUT2D eigenvalue weighted by Crippen LogP contribution is -2.40. The third-order valence-corrected chi connectivity index (χ3v) is 7.10. The Kier molecular flexibility index (Phi) is 6.79. The molecular formula is C27H26ClF2N5O3.